The third kappa shape index (κ3) is 4.56. The fraction of sp³-hybridized carbons (Fsp3) is 0.588. The fourth-order valence-electron chi connectivity index (χ4n) is 3.25. The molecule has 0 aliphatic heterocycles. The summed E-state index contributed by atoms with van der Waals surface area (Å²) < 4.78 is 65.2. The van der Waals surface area contributed by atoms with Gasteiger partial charge in [0, 0.05) is 26.6 Å². The van der Waals surface area contributed by atoms with Crippen molar-refractivity contribution < 1.29 is 26.4 Å². The van der Waals surface area contributed by atoms with E-state index >= 15 is 0 Å². The molecule has 1 aliphatic carbocycles. The van der Waals surface area contributed by atoms with E-state index in [0.717, 1.165) is 4.31 Å². The van der Waals surface area contributed by atoms with Crippen molar-refractivity contribution in [2.24, 2.45) is 11.8 Å². The van der Waals surface area contributed by atoms with Crippen LogP contribution in [0.25, 0.3) is 0 Å². The van der Waals surface area contributed by atoms with Gasteiger partial charge in [0.25, 0.3) is 0 Å². The Morgan fingerprint density at radius 3 is 2.42 bits per heavy atom. The summed E-state index contributed by atoms with van der Waals surface area (Å²) in [6, 6.07) is 6.13. The molecule has 0 spiro atoms. The van der Waals surface area contributed by atoms with Crippen LogP contribution in [0, 0.1) is 11.8 Å². The van der Waals surface area contributed by atoms with Gasteiger partial charge in [-0.3, -0.25) is 4.79 Å². The molecule has 1 aliphatic rings. The quantitative estimate of drug-likeness (QED) is 0.838. The van der Waals surface area contributed by atoms with Gasteiger partial charge in [-0.05, 0) is 24.5 Å². The SMILES string of the molecule is CN(C)S(=O)(=O)c1ccccc1CNC(=O)C1CCCCC1C(F)(F)F. The van der Waals surface area contributed by atoms with Crippen molar-refractivity contribution >= 4 is 15.9 Å². The molecule has 146 valence electrons. The van der Waals surface area contributed by atoms with E-state index in [1.807, 2.05) is 0 Å². The summed E-state index contributed by atoms with van der Waals surface area (Å²) >= 11 is 0. The number of nitrogens with zero attached hydrogens (tertiary/aromatic N) is 1. The van der Waals surface area contributed by atoms with Crippen LogP contribution in [-0.2, 0) is 21.4 Å². The summed E-state index contributed by atoms with van der Waals surface area (Å²) in [5.74, 6) is -3.44. The summed E-state index contributed by atoms with van der Waals surface area (Å²) in [5, 5.41) is 2.50. The van der Waals surface area contributed by atoms with Gasteiger partial charge in [-0.15, -0.1) is 0 Å². The second-order valence-corrected chi connectivity index (χ2v) is 8.77. The van der Waals surface area contributed by atoms with Crippen LogP contribution in [0.1, 0.15) is 31.2 Å². The molecule has 0 aromatic heterocycles. The Bertz CT molecular complexity index is 748. The fourth-order valence-corrected chi connectivity index (χ4v) is 4.36. The molecule has 0 heterocycles. The van der Waals surface area contributed by atoms with E-state index in [2.05, 4.69) is 5.32 Å². The number of amides is 1. The highest BCUT2D eigenvalue weighted by molar-refractivity contribution is 7.89. The average Bonchev–Trinajstić information content (AvgIpc) is 2.59. The molecule has 1 amide bonds. The summed E-state index contributed by atoms with van der Waals surface area (Å²) in [4.78, 5) is 12.4. The van der Waals surface area contributed by atoms with Crippen LogP contribution >= 0.6 is 0 Å². The van der Waals surface area contributed by atoms with Crippen molar-refractivity contribution in [1.82, 2.24) is 9.62 Å². The molecular formula is C17H23F3N2O3S. The summed E-state index contributed by atoms with van der Waals surface area (Å²) in [6.45, 7) is -0.136. The number of sulfonamides is 1. The molecule has 0 radical (unpaired) electrons. The van der Waals surface area contributed by atoms with E-state index in [0.29, 0.717) is 18.4 Å². The first-order chi connectivity index (χ1) is 12.0. The minimum absolute atomic E-state index is 0.0290. The third-order valence-electron chi connectivity index (χ3n) is 4.71. The summed E-state index contributed by atoms with van der Waals surface area (Å²) in [6.07, 6.45) is -3.23. The lowest BCUT2D eigenvalue weighted by Crippen LogP contribution is -2.42. The number of rotatable bonds is 5. The van der Waals surface area contributed by atoms with Gasteiger partial charge in [-0.1, -0.05) is 31.0 Å². The van der Waals surface area contributed by atoms with Crippen LogP contribution in [0.3, 0.4) is 0 Å². The highest BCUT2D eigenvalue weighted by atomic mass is 32.2. The highest BCUT2D eigenvalue weighted by Crippen LogP contribution is 2.41. The minimum atomic E-state index is -4.41. The molecule has 1 saturated carbocycles. The van der Waals surface area contributed by atoms with E-state index < -0.39 is 33.9 Å². The largest absolute Gasteiger partial charge is 0.392 e. The summed E-state index contributed by atoms with van der Waals surface area (Å²) in [7, 11) is -0.933. The Labute approximate surface area is 151 Å². The van der Waals surface area contributed by atoms with Crippen LogP contribution in [0.4, 0.5) is 13.2 Å². The maximum absolute atomic E-state index is 13.2. The minimum Gasteiger partial charge on any atom is -0.352 e. The van der Waals surface area contributed by atoms with Gasteiger partial charge in [-0.25, -0.2) is 12.7 Å². The second kappa shape index (κ2) is 7.96. The molecule has 26 heavy (non-hydrogen) atoms. The van der Waals surface area contributed by atoms with Gasteiger partial charge in [0.15, 0.2) is 0 Å². The first-order valence-electron chi connectivity index (χ1n) is 8.40. The number of nitrogens with one attached hydrogen (secondary N) is 1. The lowest BCUT2D eigenvalue weighted by molar-refractivity contribution is -0.198. The Morgan fingerprint density at radius 1 is 1.19 bits per heavy atom. The standard InChI is InChI=1S/C17H23F3N2O3S/c1-22(2)26(24,25)15-10-6-3-7-12(15)11-21-16(23)13-8-4-5-9-14(13)17(18,19)20/h3,6-7,10,13-14H,4-5,8-9,11H2,1-2H3,(H,21,23). The Morgan fingerprint density at radius 2 is 1.81 bits per heavy atom. The van der Waals surface area contributed by atoms with E-state index in [1.165, 1.54) is 20.2 Å². The van der Waals surface area contributed by atoms with Crippen molar-refractivity contribution in [2.75, 3.05) is 14.1 Å². The molecule has 0 bridgehead atoms. The predicted octanol–water partition coefficient (Wildman–Crippen LogP) is 2.92. The molecule has 0 saturated heterocycles. The number of hydrogen-bond acceptors (Lipinski definition) is 3. The van der Waals surface area contributed by atoms with Crippen molar-refractivity contribution in [3.05, 3.63) is 29.8 Å². The predicted molar refractivity (Wildman–Crippen MR) is 90.7 cm³/mol. The molecule has 2 unspecified atom stereocenters. The lowest BCUT2D eigenvalue weighted by atomic mass is 9.78. The number of benzene rings is 1. The lowest BCUT2D eigenvalue weighted by Gasteiger charge is -2.32. The zero-order valence-electron chi connectivity index (χ0n) is 14.7. The summed E-state index contributed by atoms with van der Waals surface area (Å²) in [5.41, 5.74) is 0.342. The number of carbonyl (C=O) groups is 1. The molecule has 1 aromatic rings. The van der Waals surface area contributed by atoms with Crippen LogP contribution < -0.4 is 5.32 Å². The van der Waals surface area contributed by atoms with E-state index in [-0.39, 0.29) is 24.3 Å². The zero-order valence-corrected chi connectivity index (χ0v) is 15.5. The van der Waals surface area contributed by atoms with Crippen molar-refractivity contribution in [1.29, 1.82) is 0 Å². The number of hydrogen-bond donors (Lipinski definition) is 1. The average molecular weight is 392 g/mol. The molecule has 5 nitrogen and oxygen atoms in total. The Kier molecular flexibility index (Phi) is 6.33. The van der Waals surface area contributed by atoms with Crippen molar-refractivity contribution in [3.63, 3.8) is 0 Å². The van der Waals surface area contributed by atoms with Gasteiger partial charge in [0.2, 0.25) is 15.9 Å². The molecule has 2 rings (SSSR count). The Balaban J connectivity index is 2.15. The van der Waals surface area contributed by atoms with Crippen LogP contribution in [-0.4, -0.2) is 38.9 Å². The van der Waals surface area contributed by atoms with Crippen LogP contribution in [0.5, 0.6) is 0 Å². The van der Waals surface area contributed by atoms with Crippen molar-refractivity contribution in [3.8, 4) is 0 Å². The normalized spacial score (nSPS) is 21.6. The van der Waals surface area contributed by atoms with Gasteiger partial charge >= 0.3 is 6.18 Å². The van der Waals surface area contributed by atoms with Crippen LogP contribution in [0.2, 0.25) is 0 Å². The van der Waals surface area contributed by atoms with Gasteiger partial charge in [0.1, 0.15) is 0 Å². The topological polar surface area (TPSA) is 66.5 Å². The van der Waals surface area contributed by atoms with Gasteiger partial charge < -0.3 is 5.32 Å². The number of alkyl halides is 3. The van der Waals surface area contributed by atoms with E-state index in [4.69, 9.17) is 0 Å². The highest BCUT2D eigenvalue weighted by Gasteiger charge is 2.47. The smallest absolute Gasteiger partial charge is 0.352 e. The third-order valence-corrected chi connectivity index (χ3v) is 6.62. The molecule has 9 heteroatoms. The second-order valence-electron chi connectivity index (χ2n) is 6.65. The maximum atomic E-state index is 13.2. The zero-order chi connectivity index (χ0) is 19.5. The molecular weight excluding hydrogens is 369 g/mol. The molecule has 1 aromatic carbocycles. The molecule has 1 fully saturated rings. The first-order valence-corrected chi connectivity index (χ1v) is 9.84. The molecule has 2 atom stereocenters. The van der Waals surface area contributed by atoms with Crippen molar-refractivity contribution in [2.45, 2.75) is 43.3 Å². The van der Waals surface area contributed by atoms with E-state index in [9.17, 15) is 26.4 Å². The first kappa shape index (κ1) is 20.7. The van der Waals surface area contributed by atoms with Gasteiger partial charge in [-0.2, -0.15) is 13.2 Å². The maximum Gasteiger partial charge on any atom is 0.392 e. The van der Waals surface area contributed by atoms with E-state index in [1.54, 1.807) is 18.2 Å². The van der Waals surface area contributed by atoms with Gasteiger partial charge in [0.05, 0.1) is 10.8 Å². The number of halogens is 3. The number of carbonyl (C=O) groups excluding carboxylic acids is 1. The Hall–Kier alpha value is -1.61. The monoisotopic (exact) mass is 392 g/mol. The molecule has 1 N–H and O–H groups in total. The van der Waals surface area contributed by atoms with Crippen LogP contribution in [0.15, 0.2) is 29.2 Å².